The number of hydrogen-bond donors (Lipinski definition) is 1. The molecule has 3 heterocycles. The van der Waals surface area contributed by atoms with Crippen LogP contribution in [0.25, 0.3) is 0 Å². The summed E-state index contributed by atoms with van der Waals surface area (Å²) in [6.45, 7) is 6.13. The number of halogens is 1. The van der Waals surface area contributed by atoms with Crippen molar-refractivity contribution in [1.82, 2.24) is 20.1 Å². The Morgan fingerprint density at radius 2 is 1.97 bits per heavy atom. The number of aliphatic imine (C=N–C) groups is 1. The average molecular weight is 553 g/mol. The first kappa shape index (κ1) is 24.3. The lowest BCUT2D eigenvalue weighted by Gasteiger charge is -2.36. The number of guanidine groups is 1. The van der Waals surface area contributed by atoms with E-state index in [2.05, 4.69) is 22.1 Å². The third-order valence-corrected chi connectivity index (χ3v) is 5.73. The molecular weight excluding hydrogens is 521 g/mol. The molecule has 2 aromatic heterocycles. The lowest BCUT2D eigenvalue weighted by Crippen LogP contribution is -2.53. The van der Waals surface area contributed by atoms with Crippen LogP contribution in [0.3, 0.4) is 0 Å². The zero-order valence-electron chi connectivity index (χ0n) is 18.5. The van der Waals surface area contributed by atoms with E-state index in [9.17, 15) is 4.79 Å². The van der Waals surface area contributed by atoms with Crippen molar-refractivity contribution in [3.8, 4) is 5.88 Å². The number of hydrogen-bond acceptors (Lipinski definition) is 5. The zero-order chi connectivity index (χ0) is 21.5. The van der Waals surface area contributed by atoms with Gasteiger partial charge in [-0.15, -0.1) is 24.0 Å². The second-order valence-corrected chi connectivity index (χ2v) is 7.95. The fraction of sp³-hybridized carbons (Fsp3) is 0.522. The van der Waals surface area contributed by atoms with Crippen molar-refractivity contribution >= 4 is 35.8 Å². The summed E-state index contributed by atoms with van der Waals surface area (Å²) in [5, 5.41) is 3.37. The van der Waals surface area contributed by atoms with Gasteiger partial charge in [-0.05, 0) is 56.4 Å². The quantitative estimate of drug-likeness (QED) is 0.335. The molecule has 9 heteroatoms. The first-order valence-corrected chi connectivity index (χ1v) is 11.2. The Bertz CT molecular complexity index is 876. The fourth-order valence-corrected chi connectivity index (χ4v) is 4.06. The monoisotopic (exact) mass is 553 g/mol. The molecule has 4 rings (SSSR count). The van der Waals surface area contributed by atoms with Crippen molar-refractivity contribution in [3.05, 3.63) is 48.0 Å². The van der Waals surface area contributed by atoms with Crippen LogP contribution in [0.1, 0.15) is 48.7 Å². The molecule has 0 unspecified atom stereocenters. The molecule has 0 spiro atoms. The number of rotatable bonds is 6. The minimum absolute atomic E-state index is 0. The molecule has 1 N–H and O–H groups in total. The number of carbonyl (C=O) groups is 1. The van der Waals surface area contributed by atoms with Crippen LogP contribution >= 0.6 is 24.0 Å². The predicted molar refractivity (Wildman–Crippen MR) is 134 cm³/mol. The third-order valence-electron chi connectivity index (χ3n) is 5.73. The molecule has 32 heavy (non-hydrogen) atoms. The normalized spacial score (nSPS) is 17.2. The van der Waals surface area contributed by atoms with Gasteiger partial charge in [-0.25, -0.2) is 9.98 Å². The first-order chi connectivity index (χ1) is 15.2. The van der Waals surface area contributed by atoms with Gasteiger partial charge in [0, 0.05) is 45.0 Å². The summed E-state index contributed by atoms with van der Waals surface area (Å²) in [6.07, 6.45) is 8.32. The minimum Gasteiger partial charge on any atom is -0.474 e. The Hall–Kier alpha value is -2.30. The lowest BCUT2D eigenvalue weighted by atomic mass is 10.2. The third kappa shape index (κ3) is 6.36. The molecule has 1 aliphatic carbocycles. The molecule has 1 aliphatic heterocycles. The summed E-state index contributed by atoms with van der Waals surface area (Å²) in [4.78, 5) is 25.7. The second-order valence-electron chi connectivity index (χ2n) is 7.95. The highest BCUT2D eigenvalue weighted by Crippen LogP contribution is 2.23. The van der Waals surface area contributed by atoms with Gasteiger partial charge in [-0.2, -0.15) is 0 Å². The van der Waals surface area contributed by atoms with Crippen LogP contribution in [0.5, 0.6) is 5.88 Å². The van der Waals surface area contributed by atoms with Gasteiger partial charge < -0.3 is 24.3 Å². The van der Waals surface area contributed by atoms with Crippen LogP contribution in [-0.2, 0) is 6.54 Å². The maximum atomic E-state index is 12.5. The Labute approximate surface area is 206 Å². The van der Waals surface area contributed by atoms with Gasteiger partial charge >= 0.3 is 0 Å². The Kier molecular flexibility index (Phi) is 9.19. The molecule has 2 aliphatic rings. The van der Waals surface area contributed by atoms with Gasteiger partial charge in [-0.3, -0.25) is 4.79 Å². The number of amides is 1. The smallest absolute Gasteiger partial charge is 0.289 e. The van der Waals surface area contributed by atoms with E-state index in [-0.39, 0.29) is 29.9 Å². The highest BCUT2D eigenvalue weighted by Gasteiger charge is 2.25. The van der Waals surface area contributed by atoms with E-state index in [0.717, 1.165) is 44.0 Å². The predicted octanol–water partition coefficient (Wildman–Crippen LogP) is 3.54. The highest BCUT2D eigenvalue weighted by atomic mass is 127. The maximum absolute atomic E-state index is 12.5. The highest BCUT2D eigenvalue weighted by molar-refractivity contribution is 14.0. The summed E-state index contributed by atoms with van der Waals surface area (Å²) in [6, 6.07) is 7.42. The number of furan rings is 1. The van der Waals surface area contributed by atoms with Crippen LogP contribution < -0.4 is 10.1 Å². The summed E-state index contributed by atoms with van der Waals surface area (Å²) >= 11 is 0. The van der Waals surface area contributed by atoms with Gasteiger partial charge in [0.05, 0.1) is 12.8 Å². The zero-order valence-corrected chi connectivity index (χ0v) is 20.9. The van der Waals surface area contributed by atoms with Crippen LogP contribution in [-0.4, -0.2) is 65.5 Å². The van der Waals surface area contributed by atoms with Gasteiger partial charge in [0.25, 0.3) is 5.91 Å². The Morgan fingerprint density at radius 3 is 2.66 bits per heavy atom. The van der Waals surface area contributed by atoms with Crippen LogP contribution in [0.2, 0.25) is 0 Å². The molecule has 1 amide bonds. The number of nitrogens with one attached hydrogen (secondary N) is 1. The van der Waals surface area contributed by atoms with Gasteiger partial charge in [-0.1, -0.05) is 0 Å². The molecule has 1 saturated carbocycles. The number of pyridine rings is 1. The molecule has 0 atom stereocenters. The second kappa shape index (κ2) is 12.1. The summed E-state index contributed by atoms with van der Waals surface area (Å²) in [5.41, 5.74) is 1.07. The molecule has 2 aromatic rings. The first-order valence-electron chi connectivity index (χ1n) is 11.2. The van der Waals surface area contributed by atoms with Crippen molar-refractivity contribution in [2.75, 3.05) is 32.7 Å². The molecule has 174 valence electrons. The van der Waals surface area contributed by atoms with E-state index in [1.807, 2.05) is 17.0 Å². The van der Waals surface area contributed by atoms with Gasteiger partial charge in [0.15, 0.2) is 11.7 Å². The Balaban J connectivity index is 0.00000289. The number of aromatic nitrogens is 1. The summed E-state index contributed by atoms with van der Waals surface area (Å²) in [5.74, 6) is 1.89. The molecule has 0 aromatic carbocycles. The average Bonchev–Trinajstić information content (AvgIpc) is 3.51. The summed E-state index contributed by atoms with van der Waals surface area (Å²) in [7, 11) is 0. The van der Waals surface area contributed by atoms with Crippen LogP contribution in [0.15, 0.2) is 46.1 Å². The van der Waals surface area contributed by atoms with Crippen molar-refractivity contribution in [2.24, 2.45) is 4.99 Å². The lowest BCUT2D eigenvalue weighted by molar-refractivity contribution is 0.0657. The van der Waals surface area contributed by atoms with Crippen molar-refractivity contribution in [2.45, 2.75) is 45.3 Å². The summed E-state index contributed by atoms with van der Waals surface area (Å²) < 4.78 is 11.3. The molecule has 0 bridgehead atoms. The van der Waals surface area contributed by atoms with E-state index in [0.29, 0.717) is 37.4 Å². The number of carbonyl (C=O) groups excluding carboxylic acids is 1. The van der Waals surface area contributed by atoms with Crippen molar-refractivity contribution in [3.63, 3.8) is 0 Å². The Morgan fingerprint density at radius 1 is 1.22 bits per heavy atom. The number of ether oxygens (including phenoxy) is 1. The van der Waals surface area contributed by atoms with Crippen LogP contribution in [0, 0.1) is 0 Å². The number of nitrogens with zero attached hydrogens (tertiary/aromatic N) is 4. The van der Waals surface area contributed by atoms with Crippen molar-refractivity contribution < 1.29 is 13.9 Å². The van der Waals surface area contributed by atoms with Gasteiger partial charge in [0.1, 0.15) is 6.10 Å². The number of piperazine rings is 1. The van der Waals surface area contributed by atoms with E-state index >= 15 is 0 Å². The molecule has 0 radical (unpaired) electrons. The van der Waals surface area contributed by atoms with Crippen LogP contribution in [0.4, 0.5) is 0 Å². The van der Waals surface area contributed by atoms with Gasteiger partial charge in [0.2, 0.25) is 5.88 Å². The molecule has 1 saturated heterocycles. The largest absolute Gasteiger partial charge is 0.474 e. The van der Waals surface area contributed by atoms with E-state index in [1.165, 1.54) is 19.1 Å². The maximum Gasteiger partial charge on any atom is 0.289 e. The van der Waals surface area contributed by atoms with Crippen molar-refractivity contribution in [1.29, 1.82) is 0 Å². The topological polar surface area (TPSA) is 83.2 Å². The molecular formula is C23H32IN5O3. The standard InChI is InChI=1S/C23H31N5O3.HI/c1-2-24-23(28-13-11-27(12-14-28)22(29)20-8-5-15-30-20)26-17-18-9-10-25-21(16-18)31-19-6-3-4-7-19;/h5,8-10,15-16,19H,2-4,6-7,11-14,17H2,1H3,(H,24,26);1H. The van der Waals surface area contributed by atoms with E-state index in [4.69, 9.17) is 14.1 Å². The minimum atomic E-state index is -0.0573. The van der Waals surface area contributed by atoms with E-state index < -0.39 is 0 Å². The molecule has 2 fully saturated rings. The van der Waals surface area contributed by atoms with E-state index in [1.54, 1.807) is 18.3 Å². The molecule has 8 nitrogen and oxygen atoms in total. The fourth-order valence-electron chi connectivity index (χ4n) is 4.06. The SMILES string of the molecule is CCNC(=NCc1ccnc(OC2CCCC2)c1)N1CCN(C(=O)c2ccco2)CC1.I.